The van der Waals surface area contributed by atoms with Crippen LogP contribution in [-0.4, -0.2) is 87.4 Å². The zero-order valence-corrected chi connectivity index (χ0v) is 49.6. The van der Waals surface area contributed by atoms with Crippen LogP contribution in [0.1, 0.15) is 335 Å². The molecule has 0 fully saturated rings. The Morgan fingerprint density at radius 1 is 0.356 bits per heavy atom. The average molecular weight is 1040 g/mol. The third-order valence-electron chi connectivity index (χ3n) is 14.9. The molecule has 0 spiro atoms. The van der Waals surface area contributed by atoms with E-state index in [0.717, 1.165) is 38.5 Å². The van der Waals surface area contributed by atoms with Crippen LogP contribution in [0.25, 0.3) is 0 Å². The fraction of sp³-hybridized carbons (Fsp3) is 0.953. The lowest BCUT2D eigenvalue weighted by Gasteiger charge is -2.25. The lowest BCUT2D eigenvalue weighted by atomic mass is 10.0. The number of aliphatic carboxylic acids is 1. The molecule has 0 bridgehead atoms. The van der Waals surface area contributed by atoms with Gasteiger partial charge in [-0.15, -0.1) is 0 Å². The predicted octanol–water partition coefficient (Wildman–Crippen LogP) is 19.1. The van der Waals surface area contributed by atoms with E-state index in [-0.39, 0.29) is 38.2 Å². The molecule has 0 heterocycles. The number of hydrogen-bond acceptors (Lipinski definition) is 7. The van der Waals surface area contributed by atoms with Crippen LogP contribution in [0.4, 0.5) is 0 Å². The Kier molecular flexibility index (Phi) is 55.2. The van der Waals surface area contributed by atoms with Crippen LogP contribution in [0.2, 0.25) is 0 Å². The van der Waals surface area contributed by atoms with Gasteiger partial charge in [-0.1, -0.05) is 309 Å². The van der Waals surface area contributed by atoms with Gasteiger partial charge in [0.15, 0.2) is 6.10 Å². The van der Waals surface area contributed by atoms with Gasteiger partial charge >= 0.3 is 17.9 Å². The highest BCUT2D eigenvalue weighted by atomic mass is 16.7. The maximum Gasteiger partial charge on any atom is 0.361 e. The summed E-state index contributed by atoms with van der Waals surface area (Å²) in [6.45, 7) is 4.96. The number of quaternary nitrogens is 1. The van der Waals surface area contributed by atoms with Crippen molar-refractivity contribution in [3.63, 3.8) is 0 Å². The summed E-state index contributed by atoms with van der Waals surface area (Å²) in [7, 11) is 5.99. The van der Waals surface area contributed by atoms with Gasteiger partial charge in [-0.3, -0.25) is 9.59 Å². The van der Waals surface area contributed by atoms with E-state index < -0.39 is 18.4 Å². The highest BCUT2D eigenvalue weighted by Gasteiger charge is 2.25. The van der Waals surface area contributed by atoms with Gasteiger partial charge in [-0.05, 0) is 12.8 Å². The predicted molar refractivity (Wildman–Crippen MR) is 309 cm³/mol. The van der Waals surface area contributed by atoms with Crippen LogP contribution in [0, 0.1) is 0 Å². The molecule has 0 aromatic rings. The first-order valence-electron chi connectivity index (χ1n) is 32.2. The summed E-state index contributed by atoms with van der Waals surface area (Å²) >= 11 is 0. The third-order valence-corrected chi connectivity index (χ3v) is 14.9. The molecule has 0 amide bonds. The van der Waals surface area contributed by atoms with Crippen LogP contribution >= 0.6 is 0 Å². The van der Waals surface area contributed by atoms with Gasteiger partial charge < -0.3 is 28.5 Å². The molecular weight excluding hydrogens is 911 g/mol. The highest BCUT2D eigenvalue weighted by molar-refractivity contribution is 5.71. The molecule has 0 aliphatic heterocycles. The van der Waals surface area contributed by atoms with E-state index in [4.69, 9.17) is 18.9 Å². The minimum Gasteiger partial charge on any atom is -0.477 e. The molecule has 73 heavy (non-hydrogen) atoms. The second kappa shape index (κ2) is 56.5. The van der Waals surface area contributed by atoms with Gasteiger partial charge in [0, 0.05) is 12.8 Å². The molecule has 9 nitrogen and oxygen atoms in total. The van der Waals surface area contributed by atoms with Crippen molar-refractivity contribution in [2.45, 2.75) is 347 Å². The Balaban J connectivity index is 4.09. The SMILES string of the molecule is CCCCCCCCCCCCCCCCCCCCCCCCCCCCCCC(=O)OC(COC(=O)CCCCCCCCCCCCCCCCCCCCCC)COC(OCC[N+](C)(C)C)C(=O)O. The standard InChI is InChI=1S/C64H125NO8/c1-6-8-10-12-14-16-18-20-22-24-26-28-29-30-31-32-33-34-35-37-39-41-43-45-47-49-51-53-55-62(67)73-60(59-72-64(63(68)69)70-57-56-65(3,4)5)58-71-61(66)54-52-50-48-46-44-42-40-38-36-27-25-23-21-19-17-15-13-11-9-7-2/h60,64H,6-59H2,1-5H3/p+1. The molecule has 0 aliphatic carbocycles. The number of carboxylic acid groups (broad SMARTS) is 1. The number of ether oxygens (including phenoxy) is 4. The Hall–Kier alpha value is -1.71. The molecule has 0 radical (unpaired) electrons. The van der Waals surface area contributed by atoms with E-state index in [1.807, 2.05) is 21.1 Å². The second-order valence-corrected chi connectivity index (χ2v) is 23.4. The Morgan fingerprint density at radius 2 is 0.616 bits per heavy atom. The normalized spacial score (nSPS) is 12.6. The maximum atomic E-state index is 12.9. The van der Waals surface area contributed by atoms with Crippen LogP contribution in [0.15, 0.2) is 0 Å². The quantitative estimate of drug-likeness (QED) is 0.0278. The van der Waals surface area contributed by atoms with Gasteiger partial charge in [0.2, 0.25) is 0 Å². The number of unbranched alkanes of at least 4 members (excludes halogenated alkanes) is 46. The lowest BCUT2D eigenvalue weighted by Crippen LogP contribution is -2.40. The number of hydrogen-bond donors (Lipinski definition) is 1. The summed E-state index contributed by atoms with van der Waals surface area (Å²) in [6, 6.07) is 0. The number of rotatable bonds is 61. The molecule has 0 saturated heterocycles. The van der Waals surface area contributed by atoms with E-state index in [9.17, 15) is 19.5 Å². The largest absolute Gasteiger partial charge is 0.477 e. The second-order valence-electron chi connectivity index (χ2n) is 23.4. The van der Waals surface area contributed by atoms with Crippen LogP contribution in [0.5, 0.6) is 0 Å². The van der Waals surface area contributed by atoms with E-state index in [2.05, 4.69) is 13.8 Å². The highest BCUT2D eigenvalue weighted by Crippen LogP contribution is 2.19. The summed E-state index contributed by atoms with van der Waals surface area (Å²) in [5.41, 5.74) is 0. The Labute approximate surface area is 453 Å². The number of nitrogens with zero attached hydrogens (tertiary/aromatic N) is 1. The number of carboxylic acids is 1. The lowest BCUT2D eigenvalue weighted by molar-refractivity contribution is -0.870. The number of carbonyl (C=O) groups is 3. The molecule has 2 atom stereocenters. The van der Waals surface area contributed by atoms with Gasteiger partial charge in [0.25, 0.3) is 6.29 Å². The van der Waals surface area contributed by atoms with Crippen molar-refractivity contribution >= 4 is 17.9 Å². The van der Waals surface area contributed by atoms with E-state index in [1.54, 1.807) is 0 Å². The Morgan fingerprint density at radius 3 is 0.877 bits per heavy atom. The maximum absolute atomic E-state index is 12.9. The van der Waals surface area contributed by atoms with Crippen LogP contribution in [-0.2, 0) is 33.3 Å². The van der Waals surface area contributed by atoms with Crippen molar-refractivity contribution in [2.24, 2.45) is 0 Å². The first kappa shape index (κ1) is 71.3. The fourth-order valence-electron chi connectivity index (χ4n) is 9.90. The van der Waals surface area contributed by atoms with Gasteiger partial charge in [0.05, 0.1) is 34.4 Å². The average Bonchev–Trinajstić information content (AvgIpc) is 3.36. The van der Waals surface area contributed by atoms with Crippen molar-refractivity contribution < 1.29 is 42.9 Å². The van der Waals surface area contributed by atoms with Crippen LogP contribution < -0.4 is 0 Å². The molecule has 0 aromatic carbocycles. The monoisotopic (exact) mass is 1040 g/mol. The summed E-state index contributed by atoms with van der Waals surface area (Å²) in [6.07, 6.45) is 62.0. The summed E-state index contributed by atoms with van der Waals surface area (Å²) in [5.74, 6) is -1.97. The van der Waals surface area contributed by atoms with Crippen molar-refractivity contribution in [3.05, 3.63) is 0 Å². The Bertz CT molecular complexity index is 1160. The van der Waals surface area contributed by atoms with Crippen molar-refractivity contribution in [1.82, 2.24) is 0 Å². The number of likely N-dealkylation sites (N-methyl/N-ethyl adjacent to an activating group) is 1. The number of esters is 2. The molecule has 0 rings (SSSR count). The van der Waals surface area contributed by atoms with Crippen molar-refractivity contribution in [1.29, 1.82) is 0 Å². The number of carbonyl (C=O) groups excluding carboxylic acids is 2. The third kappa shape index (κ3) is 57.8. The molecule has 434 valence electrons. The van der Waals surface area contributed by atoms with Gasteiger partial charge in [0.1, 0.15) is 13.2 Å². The summed E-state index contributed by atoms with van der Waals surface area (Å²) < 4.78 is 23.0. The van der Waals surface area contributed by atoms with Gasteiger partial charge in [-0.25, -0.2) is 4.79 Å². The van der Waals surface area contributed by atoms with Gasteiger partial charge in [-0.2, -0.15) is 0 Å². The molecule has 0 aromatic heterocycles. The minimum atomic E-state index is -1.50. The van der Waals surface area contributed by atoms with E-state index in [1.165, 1.54) is 270 Å². The minimum absolute atomic E-state index is 0.172. The smallest absolute Gasteiger partial charge is 0.361 e. The summed E-state index contributed by atoms with van der Waals surface area (Å²) in [4.78, 5) is 37.5. The molecular formula is C64H126NO8+. The van der Waals surface area contributed by atoms with E-state index in [0.29, 0.717) is 17.4 Å². The van der Waals surface area contributed by atoms with E-state index >= 15 is 0 Å². The molecule has 0 saturated carbocycles. The first-order chi connectivity index (χ1) is 35.6. The molecule has 0 aliphatic rings. The first-order valence-corrected chi connectivity index (χ1v) is 32.2. The van der Waals surface area contributed by atoms with Crippen molar-refractivity contribution in [2.75, 3.05) is 47.5 Å². The summed E-state index contributed by atoms with van der Waals surface area (Å²) in [5, 5.41) is 9.72. The fourth-order valence-corrected chi connectivity index (χ4v) is 9.90. The molecule has 1 N–H and O–H groups in total. The molecule has 9 heteroatoms. The van der Waals surface area contributed by atoms with Crippen LogP contribution in [0.3, 0.4) is 0 Å². The topological polar surface area (TPSA) is 108 Å². The zero-order chi connectivity index (χ0) is 53.4. The van der Waals surface area contributed by atoms with Crippen molar-refractivity contribution in [3.8, 4) is 0 Å². The molecule has 2 unspecified atom stereocenters. The zero-order valence-electron chi connectivity index (χ0n) is 49.6.